The number of rotatable bonds is 0. The van der Waals surface area contributed by atoms with Crippen LogP contribution < -0.4 is 11.2 Å². The molecule has 0 unspecified atom stereocenters. The van der Waals surface area contributed by atoms with E-state index in [2.05, 4.69) is 15.0 Å². The van der Waals surface area contributed by atoms with Gasteiger partial charge in [0.2, 0.25) is 5.43 Å². The first-order chi connectivity index (χ1) is 5.27. The number of nitrogen functional groups attached to an aromatic ring is 1. The van der Waals surface area contributed by atoms with E-state index in [0.29, 0.717) is 17.0 Å². The van der Waals surface area contributed by atoms with Crippen molar-refractivity contribution < 1.29 is 0 Å². The molecule has 4 N–H and O–H groups in total. The van der Waals surface area contributed by atoms with Crippen molar-refractivity contribution in [3.05, 3.63) is 22.6 Å². The standard InChI is InChI=1S/C6H6N4O.ClH/c7-4-1-3(11)5-6(10-4)9-2-8-5;/h1-2H,(H4,7,8,9,10,11);1H. The minimum absolute atomic E-state index is 0. The van der Waals surface area contributed by atoms with Crippen LogP contribution in [0.3, 0.4) is 0 Å². The molecule has 0 fully saturated rings. The molecule has 0 aromatic carbocycles. The van der Waals surface area contributed by atoms with Crippen molar-refractivity contribution in [2.24, 2.45) is 0 Å². The van der Waals surface area contributed by atoms with Gasteiger partial charge in [0.05, 0.1) is 6.33 Å². The lowest BCUT2D eigenvalue weighted by Gasteiger charge is -1.90. The molecule has 0 saturated heterocycles. The lowest BCUT2D eigenvalue weighted by molar-refractivity contribution is 1.30. The molecule has 2 aromatic rings. The Hall–Kier alpha value is -1.49. The van der Waals surface area contributed by atoms with Crippen molar-refractivity contribution in [1.29, 1.82) is 0 Å². The molecule has 2 heterocycles. The number of aromatic amines is 2. The molecule has 0 bridgehead atoms. The number of nitrogens with one attached hydrogen (secondary N) is 2. The number of imidazole rings is 1. The van der Waals surface area contributed by atoms with Crippen molar-refractivity contribution in [3.8, 4) is 0 Å². The predicted octanol–water partition coefficient (Wildman–Crippen LogP) is 0.255. The lowest BCUT2D eigenvalue weighted by atomic mass is 10.4. The fourth-order valence-electron chi connectivity index (χ4n) is 0.963. The maximum absolute atomic E-state index is 11.1. The van der Waals surface area contributed by atoms with Gasteiger partial charge in [0.15, 0.2) is 5.65 Å². The van der Waals surface area contributed by atoms with Crippen LogP contribution >= 0.6 is 12.4 Å². The van der Waals surface area contributed by atoms with Crippen LogP contribution in [-0.2, 0) is 0 Å². The van der Waals surface area contributed by atoms with Crippen molar-refractivity contribution in [3.63, 3.8) is 0 Å². The molecule has 0 aliphatic heterocycles. The molecular weight excluding hydrogens is 180 g/mol. The number of fused-ring (bicyclic) bond motifs is 1. The summed E-state index contributed by atoms with van der Waals surface area (Å²) in [6.45, 7) is 0. The summed E-state index contributed by atoms with van der Waals surface area (Å²) in [6, 6.07) is 1.32. The highest BCUT2D eigenvalue weighted by molar-refractivity contribution is 5.85. The largest absolute Gasteiger partial charge is 0.385 e. The number of aromatic nitrogens is 3. The quantitative estimate of drug-likeness (QED) is 0.551. The lowest BCUT2D eigenvalue weighted by Crippen LogP contribution is -2.04. The fourth-order valence-corrected chi connectivity index (χ4v) is 0.963. The Morgan fingerprint density at radius 1 is 1.50 bits per heavy atom. The molecular formula is C6H7ClN4O. The molecule has 6 heteroatoms. The van der Waals surface area contributed by atoms with Crippen LogP contribution in [0.15, 0.2) is 17.2 Å². The van der Waals surface area contributed by atoms with Gasteiger partial charge in [-0.3, -0.25) is 4.79 Å². The smallest absolute Gasteiger partial charge is 0.209 e. The molecule has 0 saturated carbocycles. The van der Waals surface area contributed by atoms with Crippen LogP contribution in [0, 0.1) is 0 Å². The first-order valence-electron chi connectivity index (χ1n) is 3.09. The Balaban J connectivity index is 0.000000720. The third-order valence-electron chi connectivity index (χ3n) is 1.44. The number of pyridine rings is 1. The zero-order chi connectivity index (χ0) is 7.84. The Labute approximate surface area is 73.4 Å². The van der Waals surface area contributed by atoms with Crippen LogP contribution in [-0.4, -0.2) is 15.0 Å². The number of nitrogens with two attached hydrogens (primary N) is 1. The maximum Gasteiger partial charge on any atom is 0.209 e. The zero-order valence-corrected chi connectivity index (χ0v) is 6.81. The van der Waals surface area contributed by atoms with E-state index in [9.17, 15) is 4.79 Å². The summed E-state index contributed by atoms with van der Waals surface area (Å²) in [5.74, 6) is 0.328. The van der Waals surface area contributed by atoms with E-state index < -0.39 is 0 Å². The Kier molecular flexibility index (Phi) is 2.05. The van der Waals surface area contributed by atoms with Crippen molar-refractivity contribution >= 4 is 29.4 Å². The Bertz CT molecular complexity index is 446. The molecule has 2 aromatic heterocycles. The minimum Gasteiger partial charge on any atom is -0.385 e. The van der Waals surface area contributed by atoms with Crippen LogP contribution in [0.5, 0.6) is 0 Å². The number of H-pyrrole nitrogens is 2. The third kappa shape index (κ3) is 1.14. The first-order valence-corrected chi connectivity index (χ1v) is 3.09. The van der Waals surface area contributed by atoms with Gasteiger partial charge < -0.3 is 15.7 Å². The molecule has 64 valence electrons. The van der Waals surface area contributed by atoms with E-state index in [1.807, 2.05) is 0 Å². The van der Waals surface area contributed by atoms with Gasteiger partial charge in [-0.15, -0.1) is 12.4 Å². The summed E-state index contributed by atoms with van der Waals surface area (Å²) >= 11 is 0. The van der Waals surface area contributed by atoms with Crippen LogP contribution in [0.4, 0.5) is 5.82 Å². The molecule has 5 nitrogen and oxygen atoms in total. The minimum atomic E-state index is -0.145. The number of anilines is 1. The van der Waals surface area contributed by atoms with E-state index in [1.54, 1.807) is 0 Å². The van der Waals surface area contributed by atoms with Crippen molar-refractivity contribution in [2.45, 2.75) is 0 Å². The molecule has 0 atom stereocenters. The number of hydrogen-bond acceptors (Lipinski definition) is 3. The average molecular weight is 187 g/mol. The molecule has 0 amide bonds. The SMILES string of the molecule is Cl.Nc1cc(=O)c2[nH]cnc2[nH]1. The highest BCUT2D eigenvalue weighted by Gasteiger charge is 2.00. The van der Waals surface area contributed by atoms with Gasteiger partial charge in [0.1, 0.15) is 11.3 Å². The van der Waals surface area contributed by atoms with Gasteiger partial charge >= 0.3 is 0 Å². The second-order valence-electron chi connectivity index (χ2n) is 2.22. The van der Waals surface area contributed by atoms with Gasteiger partial charge in [-0.2, -0.15) is 0 Å². The van der Waals surface area contributed by atoms with Gasteiger partial charge in [0, 0.05) is 6.07 Å². The Morgan fingerprint density at radius 2 is 2.25 bits per heavy atom. The highest BCUT2D eigenvalue weighted by atomic mass is 35.5. The van der Waals surface area contributed by atoms with Crippen LogP contribution in [0.2, 0.25) is 0 Å². The van der Waals surface area contributed by atoms with Gasteiger partial charge in [-0.05, 0) is 0 Å². The van der Waals surface area contributed by atoms with E-state index in [-0.39, 0.29) is 17.8 Å². The summed E-state index contributed by atoms with van der Waals surface area (Å²) in [4.78, 5) is 20.4. The number of nitrogens with zero attached hydrogens (tertiary/aromatic N) is 1. The van der Waals surface area contributed by atoms with Gasteiger partial charge in [0.25, 0.3) is 0 Å². The highest BCUT2D eigenvalue weighted by Crippen LogP contribution is 2.01. The first kappa shape index (κ1) is 8.61. The summed E-state index contributed by atoms with van der Waals surface area (Å²) in [5.41, 5.74) is 6.18. The van der Waals surface area contributed by atoms with E-state index in [4.69, 9.17) is 5.73 Å². The maximum atomic E-state index is 11.1. The third-order valence-corrected chi connectivity index (χ3v) is 1.44. The van der Waals surface area contributed by atoms with E-state index in [0.717, 1.165) is 0 Å². The molecule has 12 heavy (non-hydrogen) atoms. The zero-order valence-electron chi connectivity index (χ0n) is 6.00. The second-order valence-corrected chi connectivity index (χ2v) is 2.22. The number of hydrogen-bond donors (Lipinski definition) is 3. The predicted molar refractivity (Wildman–Crippen MR) is 48.4 cm³/mol. The van der Waals surface area contributed by atoms with Gasteiger partial charge in [-0.1, -0.05) is 0 Å². The van der Waals surface area contributed by atoms with Crippen LogP contribution in [0.25, 0.3) is 11.2 Å². The Morgan fingerprint density at radius 3 is 3.00 bits per heavy atom. The molecule has 0 aliphatic rings. The summed E-state index contributed by atoms with van der Waals surface area (Å²) in [5, 5.41) is 0. The summed E-state index contributed by atoms with van der Waals surface area (Å²) in [7, 11) is 0. The summed E-state index contributed by atoms with van der Waals surface area (Å²) < 4.78 is 0. The normalized spacial score (nSPS) is 9.67. The average Bonchev–Trinajstić information content (AvgIpc) is 2.34. The van der Waals surface area contributed by atoms with Gasteiger partial charge in [-0.25, -0.2) is 4.98 Å². The summed E-state index contributed by atoms with van der Waals surface area (Å²) in [6.07, 6.45) is 1.45. The van der Waals surface area contributed by atoms with E-state index >= 15 is 0 Å². The van der Waals surface area contributed by atoms with Crippen molar-refractivity contribution in [2.75, 3.05) is 5.73 Å². The molecule has 0 aliphatic carbocycles. The monoisotopic (exact) mass is 186 g/mol. The van der Waals surface area contributed by atoms with E-state index in [1.165, 1.54) is 12.4 Å². The molecule has 0 radical (unpaired) electrons. The topological polar surface area (TPSA) is 87.6 Å². The molecule has 0 spiro atoms. The van der Waals surface area contributed by atoms with Crippen LogP contribution in [0.1, 0.15) is 0 Å². The fraction of sp³-hybridized carbons (Fsp3) is 0. The molecule has 2 rings (SSSR count). The number of halogens is 1. The second kappa shape index (κ2) is 2.86. The van der Waals surface area contributed by atoms with Crippen molar-refractivity contribution in [1.82, 2.24) is 15.0 Å².